The second-order valence-electron chi connectivity index (χ2n) is 8.35. The van der Waals surface area contributed by atoms with Crippen LogP contribution in [-0.4, -0.2) is 41.2 Å². The van der Waals surface area contributed by atoms with Crippen LogP contribution in [0.3, 0.4) is 0 Å². The first-order valence-corrected chi connectivity index (χ1v) is 10.8. The van der Waals surface area contributed by atoms with Crippen molar-refractivity contribution >= 4 is 40.2 Å². The highest BCUT2D eigenvalue weighted by Gasteiger charge is 2.43. The third-order valence-corrected chi connectivity index (χ3v) is 5.51. The molecule has 7 nitrogen and oxygen atoms in total. The van der Waals surface area contributed by atoms with E-state index in [0.717, 1.165) is 15.7 Å². The standard InChI is InChI=1S/C26H24N2O5/c1-16(2)14-22(28-24(30)19-11-5-6-12-20(19)25(28)31)26(32)33-15-23(29)27-21-13-7-9-17-8-3-4-10-18(17)21/h3-13,16,22H,14-15H2,1-2H3,(H,27,29)/t22-/m0/s1. The molecule has 1 atom stereocenters. The molecule has 0 aliphatic carbocycles. The van der Waals surface area contributed by atoms with Crippen LogP contribution in [0.2, 0.25) is 0 Å². The minimum Gasteiger partial charge on any atom is -0.454 e. The normalized spacial score (nSPS) is 13.8. The van der Waals surface area contributed by atoms with Crippen molar-refractivity contribution in [1.82, 2.24) is 4.90 Å². The van der Waals surface area contributed by atoms with E-state index in [1.54, 1.807) is 30.3 Å². The lowest BCUT2D eigenvalue weighted by Crippen LogP contribution is -2.46. The van der Waals surface area contributed by atoms with E-state index >= 15 is 0 Å². The van der Waals surface area contributed by atoms with Gasteiger partial charge in [0.1, 0.15) is 6.04 Å². The van der Waals surface area contributed by atoms with Gasteiger partial charge in [0.2, 0.25) is 0 Å². The lowest BCUT2D eigenvalue weighted by molar-refractivity contribution is -0.151. The number of amides is 3. The fourth-order valence-electron chi connectivity index (χ4n) is 4.00. The van der Waals surface area contributed by atoms with Gasteiger partial charge in [-0.3, -0.25) is 19.3 Å². The molecule has 0 bridgehead atoms. The fourth-order valence-corrected chi connectivity index (χ4v) is 4.00. The second-order valence-corrected chi connectivity index (χ2v) is 8.35. The summed E-state index contributed by atoms with van der Waals surface area (Å²) in [5.41, 5.74) is 1.13. The first-order valence-electron chi connectivity index (χ1n) is 10.8. The molecule has 168 valence electrons. The minimum atomic E-state index is -1.11. The van der Waals surface area contributed by atoms with Crippen LogP contribution in [0, 0.1) is 5.92 Å². The molecule has 0 unspecified atom stereocenters. The molecule has 1 aliphatic rings. The molecule has 33 heavy (non-hydrogen) atoms. The van der Waals surface area contributed by atoms with Gasteiger partial charge in [-0.1, -0.05) is 62.4 Å². The molecule has 1 heterocycles. The van der Waals surface area contributed by atoms with Crippen LogP contribution in [0.4, 0.5) is 5.69 Å². The highest BCUT2D eigenvalue weighted by molar-refractivity contribution is 6.22. The molecular formula is C26H24N2O5. The first-order chi connectivity index (χ1) is 15.9. The average molecular weight is 444 g/mol. The zero-order chi connectivity index (χ0) is 23.5. The van der Waals surface area contributed by atoms with E-state index in [4.69, 9.17) is 4.74 Å². The average Bonchev–Trinajstić information content (AvgIpc) is 3.06. The molecular weight excluding hydrogens is 420 g/mol. The summed E-state index contributed by atoms with van der Waals surface area (Å²) >= 11 is 0. The highest BCUT2D eigenvalue weighted by atomic mass is 16.5. The molecule has 0 saturated heterocycles. The number of hydrogen-bond donors (Lipinski definition) is 1. The molecule has 3 aromatic rings. The Morgan fingerprint density at radius 3 is 2.15 bits per heavy atom. The van der Waals surface area contributed by atoms with Crippen LogP contribution >= 0.6 is 0 Å². The zero-order valence-corrected chi connectivity index (χ0v) is 18.4. The molecule has 3 amide bonds. The van der Waals surface area contributed by atoms with Gasteiger partial charge >= 0.3 is 5.97 Å². The van der Waals surface area contributed by atoms with Gasteiger partial charge in [-0.25, -0.2) is 4.79 Å². The molecule has 1 aliphatic heterocycles. The quantitative estimate of drug-likeness (QED) is 0.439. The van der Waals surface area contributed by atoms with Crippen molar-refractivity contribution in [3.05, 3.63) is 77.9 Å². The maximum atomic E-state index is 12.9. The summed E-state index contributed by atoms with van der Waals surface area (Å²) < 4.78 is 5.26. The van der Waals surface area contributed by atoms with Crippen LogP contribution < -0.4 is 5.32 Å². The number of esters is 1. The maximum Gasteiger partial charge on any atom is 0.329 e. The van der Waals surface area contributed by atoms with Gasteiger partial charge < -0.3 is 10.1 Å². The highest BCUT2D eigenvalue weighted by Crippen LogP contribution is 2.27. The minimum absolute atomic E-state index is 0.0105. The summed E-state index contributed by atoms with van der Waals surface area (Å²) in [6.07, 6.45) is 0.231. The van der Waals surface area contributed by atoms with Gasteiger partial charge in [-0.2, -0.15) is 0 Å². The van der Waals surface area contributed by atoms with E-state index in [9.17, 15) is 19.2 Å². The Hall–Kier alpha value is -4.00. The van der Waals surface area contributed by atoms with E-state index in [-0.39, 0.29) is 23.5 Å². The van der Waals surface area contributed by atoms with Crippen molar-refractivity contribution in [2.45, 2.75) is 26.3 Å². The molecule has 7 heteroatoms. The Kier molecular flexibility index (Phi) is 6.22. The molecule has 0 radical (unpaired) electrons. The Morgan fingerprint density at radius 1 is 0.879 bits per heavy atom. The number of carbonyl (C=O) groups excluding carboxylic acids is 4. The van der Waals surface area contributed by atoms with E-state index in [2.05, 4.69) is 5.32 Å². The van der Waals surface area contributed by atoms with Gasteiger partial charge in [0.05, 0.1) is 11.1 Å². The van der Waals surface area contributed by atoms with Gasteiger partial charge in [-0.05, 0) is 35.9 Å². The van der Waals surface area contributed by atoms with Crippen molar-refractivity contribution in [2.75, 3.05) is 11.9 Å². The predicted molar refractivity (Wildman–Crippen MR) is 124 cm³/mol. The summed E-state index contributed by atoms with van der Waals surface area (Å²) in [7, 11) is 0. The van der Waals surface area contributed by atoms with Crippen LogP contribution in [0.25, 0.3) is 10.8 Å². The Bertz CT molecular complexity index is 1210. The largest absolute Gasteiger partial charge is 0.454 e. The summed E-state index contributed by atoms with van der Waals surface area (Å²) in [6, 6.07) is 18.5. The van der Waals surface area contributed by atoms with Crippen molar-refractivity contribution in [3.63, 3.8) is 0 Å². The van der Waals surface area contributed by atoms with Crippen molar-refractivity contribution in [2.24, 2.45) is 5.92 Å². The SMILES string of the molecule is CC(C)C[C@@H](C(=O)OCC(=O)Nc1cccc2ccccc12)N1C(=O)c2ccccc2C1=O. The number of carbonyl (C=O) groups is 4. The van der Waals surface area contributed by atoms with E-state index in [1.165, 1.54) is 0 Å². The van der Waals surface area contributed by atoms with Gasteiger partial charge in [0.15, 0.2) is 6.61 Å². The number of rotatable bonds is 7. The topological polar surface area (TPSA) is 92.8 Å². The van der Waals surface area contributed by atoms with Gasteiger partial charge in [0, 0.05) is 11.1 Å². The number of fused-ring (bicyclic) bond motifs is 2. The van der Waals surface area contributed by atoms with Crippen molar-refractivity contribution < 1.29 is 23.9 Å². The number of ether oxygens (including phenoxy) is 1. The molecule has 0 spiro atoms. The molecule has 4 rings (SSSR count). The smallest absolute Gasteiger partial charge is 0.329 e. The third-order valence-electron chi connectivity index (χ3n) is 5.51. The number of anilines is 1. The molecule has 0 aromatic heterocycles. The lowest BCUT2D eigenvalue weighted by Gasteiger charge is -2.25. The molecule has 1 N–H and O–H groups in total. The van der Waals surface area contributed by atoms with Crippen LogP contribution in [0.1, 0.15) is 41.0 Å². The third kappa shape index (κ3) is 4.48. The maximum absolute atomic E-state index is 12.9. The molecule has 3 aromatic carbocycles. The summed E-state index contributed by atoms with van der Waals surface area (Å²) in [5.74, 6) is -2.34. The monoisotopic (exact) mass is 444 g/mol. The van der Waals surface area contributed by atoms with Gasteiger partial charge in [-0.15, -0.1) is 0 Å². The molecule has 0 saturated carbocycles. The van der Waals surface area contributed by atoms with Crippen LogP contribution in [0.15, 0.2) is 66.7 Å². The Labute approximate surface area is 191 Å². The van der Waals surface area contributed by atoms with E-state index in [0.29, 0.717) is 5.69 Å². The molecule has 0 fully saturated rings. The summed E-state index contributed by atoms with van der Waals surface area (Å²) in [5, 5.41) is 4.59. The van der Waals surface area contributed by atoms with E-state index in [1.807, 2.05) is 50.2 Å². The lowest BCUT2D eigenvalue weighted by atomic mass is 10.0. The van der Waals surface area contributed by atoms with E-state index < -0.39 is 36.3 Å². The van der Waals surface area contributed by atoms with Crippen LogP contribution in [0.5, 0.6) is 0 Å². The first kappa shape index (κ1) is 22.2. The van der Waals surface area contributed by atoms with Crippen LogP contribution in [-0.2, 0) is 14.3 Å². The zero-order valence-electron chi connectivity index (χ0n) is 18.4. The summed E-state index contributed by atoms with van der Waals surface area (Å²) in [4.78, 5) is 52.1. The number of nitrogens with zero attached hydrogens (tertiary/aromatic N) is 1. The van der Waals surface area contributed by atoms with Crippen molar-refractivity contribution in [1.29, 1.82) is 0 Å². The Balaban J connectivity index is 1.46. The Morgan fingerprint density at radius 2 is 1.48 bits per heavy atom. The fraction of sp³-hybridized carbons (Fsp3) is 0.231. The number of imide groups is 1. The number of hydrogen-bond acceptors (Lipinski definition) is 5. The second kappa shape index (κ2) is 9.24. The predicted octanol–water partition coefficient (Wildman–Crippen LogP) is 4.03. The number of nitrogens with one attached hydrogen (secondary N) is 1. The summed E-state index contributed by atoms with van der Waals surface area (Å²) in [6.45, 7) is 3.23. The van der Waals surface area contributed by atoms with Crippen molar-refractivity contribution in [3.8, 4) is 0 Å². The number of benzene rings is 3. The van der Waals surface area contributed by atoms with Gasteiger partial charge in [0.25, 0.3) is 17.7 Å².